The van der Waals surface area contributed by atoms with Gasteiger partial charge in [-0.2, -0.15) is 0 Å². The summed E-state index contributed by atoms with van der Waals surface area (Å²) in [7, 11) is 1.24. The van der Waals surface area contributed by atoms with Gasteiger partial charge in [-0.25, -0.2) is 4.79 Å². The van der Waals surface area contributed by atoms with Gasteiger partial charge < -0.3 is 10.1 Å². The van der Waals surface area contributed by atoms with E-state index in [-0.39, 0.29) is 17.0 Å². The fourth-order valence-electron chi connectivity index (χ4n) is 2.54. The summed E-state index contributed by atoms with van der Waals surface area (Å²) in [6.07, 6.45) is 0.660. The molecule has 0 fully saturated rings. The van der Waals surface area contributed by atoms with E-state index in [2.05, 4.69) is 5.32 Å². The molecule has 0 aromatic heterocycles. The van der Waals surface area contributed by atoms with E-state index in [0.29, 0.717) is 6.42 Å². The highest BCUT2D eigenvalue weighted by Crippen LogP contribution is 2.22. The van der Waals surface area contributed by atoms with Crippen molar-refractivity contribution in [2.75, 3.05) is 13.7 Å². The Hall–Kier alpha value is -2.70. The third-order valence-electron chi connectivity index (χ3n) is 4.16. The molecule has 1 N–H and O–H groups in total. The molecule has 0 radical (unpaired) electrons. The number of carbonyl (C=O) groups is 4. The zero-order chi connectivity index (χ0) is 17.9. The number of fused-ring (bicyclic) bond motifs is 1. The molecule has 7 nitrogen and oxygen atoms in total. The van der Waals surface area contributed by atoms with Crippen LogP contribution in [0.2, 0.25) is 0 Å². The molecule has 24 heavy (non-hydrogen) atoms. The van der Waals surface area contributed by atoms with Gasteiger partial charge in [0.05, 0.1) is 18.2 Å². The molecule has 1 aliphatic rings. The van der Waals surface area contributed by atoms with Crippen LogP contribution < -0.4 is 5.32 Å². The Bertz CT molecular complexity index is 650. The monoisotopic (exact) mass is 332 g/mol. The topological polar surface area (TPSA) is 92.8 Å². The number of methoxy groups -OCH3 is 1. The van der Waals surface area contributed by atoms with Gasteiger partial charge in [0.1, 0.15) is 12.6 Å². The number of ether oxygens (including phenoxy) is 1. The van der Waals surface area contributed by atoms with Gasteiger partial charge in [-0.1, -0.05) is 32.4 Å². The molecular formula is C17H20N2O5. The molecule has 1 heterocycles. The molecule has 128 valence electrons. The molecule has 0 spiro atoms. The van der Waals surface area contributed by atoms with Crippen molar-refractivity contribution in [3.05, 3.63) is 35.4 Å². The Morgan fingerprint density at radius 2 is 1.71 bits per heavy atom. The lowest BCUT2D eigenvalue weighted by Crippen LogP contribution is -2.49. The van der Waals surface area contributed by atoms with E-state index in [9.17, 15) is 19.2 Å². The second kappa shape index (κ2) is 7.25. The predicted octanol–water partition coefficient (Wildman–Crippen LogP) is 0.986. The Kier molecular flexibility index (Phi) is 5.33. The minimum atomic E-state index is -0.817. The van der Waals surface area contributed by atoms with Crippen molar-refractivity contribution in [3.63, 3.8) is 0 Å². The van der Waals surface area contributed by atoms with Gasteiger partial charge in [0, 0.05) is 0 Å². The fraction of sp³-hybridized carbons (Fsp3) is 0.412. The van der Waals surface area contributed by atoms with Crippen molar-refractivity contribution >= 4 is 23.7 Å². The maximum absolute atomic E-state index is 12.2. The number of nitrogens with zero attached hydrogens (tertiary/aromatic N) is 1. The van der Waals surface area contributed by atoms with Gasteiger partial charge in [-0.15, -0.1) is 0 Å². The van der Waals surface area contributed by atoms with Crippen LogP contribution >= 0.6 is 0 Å². The molecule has 0 saturated carbocycles. The molecule has 2 rings (SSSR count). The van der Waals surface area contributed by atoms with E-state index in [1.165, 1.54) is 7.11 Å². The zero-order valence-corrected chi connectivity index (χ0v) is 13.9. The lowest BCUT2D eigenvalue weighted by molar-refractivity contribution is -0.146. The van der Waals surface area contributed by atoms with Crippen LogP contribution in [0.5, 0.6) is 0 Å². The van der Waals surface area contributed by atoms with Crippen LogP contribution in [-0.4, -0.2) is 48.3 Å². The highest BCUT2D eigenvalue weighted by molar-refractivity contribution is 6.22. The first-order chi connectivity index (χ1) is 11.4. The molecule has 0 saturated heterocycles. The number of benzene rings is 1. The summed E-state index contributed by atoms with van der Waals surface area (Å²) in [5.74, 6) is -2.29. The maximum atomic E-state index is 12.2. The SMILES string of the molecule is CC[C@H](C)[C@@H](NC(=O)CN1C(=O)c2ccccc2C1=O)C(=O)OC. The molecule has 0 aliphatic carbocycles. The first-order valence-corrected chi connectivity index (χ1v) is 7.73. The maximum Gasteiger partial charge on any atom is 0.328 e. The van der Waals surface area contributed by atoms with Crippen LogP contribution in [0.1, 0.15) is 41.0 Å². The van der Waals surface area contributed by atoms with Gasteiger partial charge in [0.25, 0.3) is 11.8 Å². The smallest absolute Gasteiger partial charge is 0.328 e. The summed E-state index contributed by atoms with van der Waals surface area (Å²) in [4.78, 5) is 49.4. The molecular weight excluding hydrogens is 312 g/mol. The van der Waals surface area contributed by atoms with Crippen molar-refractivity contribution in [1.29, 1.82) is 0 Å². The molecule has 1 aromatic rings. The summed E-state index contributed by atoms with van der Waals surface area (Å²) in [6, 6.07) is 5.59. The van der Waals surface area contributed by atoms with Crippen LogP contribution in [0.3, 0.4) is 0 Å². The standard InChI is InChI=1S/C17H20N2O5/c1-4-10(2)14(17(23)24-3)18-13(20)9-19-15(21)11-7-5-6-8-12(11)16(19)22/h5-8,10,14H,4,9H2,1-3H3,(H,18,20)/t10-,14+/m0/s1. The lowest BCUT2D eigenvalue weighted by atomic mass is 9.99. The molecule has 3 amide bonds. The van der Waals surface area contributed by atoms with Crippen LogP contribution in [0.4, 0.5) is 0 Å². The fourth-order valence-corrected chi connectivity index (χ4v) is 2.54. The molecule has 1 aliphatic heterocycles. The number of nitrogens with one attached hydrogen (secondary N) is 1. The number of hydrogen-bond acceptors (Lipinski definition) is 5. The highest BCUT2D eigenvalue weighted by atomic mass is 16.5. The van der Waals surface area contributed by atoms with E-state index in [4.69, 9.17) is 4.74 Å². The van der Waals surface area contributed by atoms with Crippen molar-refractivity contribution in [2.45, 2.75) is 26.3 Å². The minimum absolute atomic E-state index is 0.136. The normalized spacial score (nSPS) is 15.7. The third-order valence-corrected chi connectivity index (χ3v) is 4.16. The average Bonchev–Trinajstić information content (AvgIpc) is 2.83. The molecule has 2 atom stereocenters. The number of esters is 1. The number of imide groups is 1. The zero-order valence-electron chi connectivity index (χ0n) is 13.9. The number of carbonyl (C=O) groups excluding carboxylic acids is 4. The Labute approximate surface area is 140 Å². The van der Waals surface area contributed by atoms with Crippen LogP contribution in [-0.2, 0) is 14.3 Å². The van der Waals surface area contributed by atoms with Gasteiger partial charge in [-0.05, 0) is 18.1 Å². The van der Waals surface area contributed by atoms with Gasteiger partial charge in [0.2, 0.25) is 5.91 Å². The number of hydrogen-bond donors (Lipinski definition) is 1. The summed E-state index contributed by atoms with van der Waals surface area (Å²) < 4.78 is 4.70. The van der Waals surface area contributed by atoms with Gasteiger partial charge in [-0.3, -0.25) is 19.3 Å². The summed E-state index contributed by atoms with van der Waals surface area (Å²) in [6.45, 7) is 3.26. The Morgan fingerprint density at radius 3 is 2.17 bits per heavy atom. The molecule has 1 aromatic carbocycles. The molecule has 0 unspecified atom stereocenters. The first kappa shape index (κ1) is 17.7. The van der Waals surface area contributed by atoms with Crippen LogP contribution in [0.15, 0.2) is 24.3 Å². The van der Waals surface area contributed by atoms with E-state index < -0.39 is 36.3 Å². The Morgan fingerprint density at radius 1 is 1.17 bits per heavy atom. The van der Waals surface area contributed by atoms with Crippen molar-refractivity contribution in [3.8, 4) is 0 Å². The van der Waals surface area contributed by atoms with Crippen molar-refractivity contribution < 1.29 is 23.9 Å². The van der Waals surface area contributed by atoms with Gasteiger partial charge in [0.15, 0.2) is 0 Å². The number of amides is 3. The second-order valence-corrected chi connectivity index (χ2v) is 5.70. The summed E-state index contributed by atoms with van der Waals surface area (Å²) >= 11 is 0. The lowest BCUT2D eigenvalue weighted by Gasteiger charge is -2.23. The van der Waals surface area contributed by atoms with Gasteiger partial charge >= 0.3 is 5.97 Å². The Balaban J connectivity index is 2.09. The van der Waals surface area contributed by atoms with Crippen LogP contribution in [0, 0.1) is 5.92 Å². The van der Waals surface area contributed by atoms with Crippen molar-refractivity contribution in [1.82, 2.24) is 10.2 Å². The number of rotatable bonds is 6. The predicted molar refractivity (Wildman–Crippen MR) is 85.2 cm³/mol. The molecule has 7 heteroatoms. The van der Waals surface area contributed by atoms with E-state index in [1.54, 1.807) is 24.3 Å². The van der Waals surface area contributed by atoms with Crippen LogP contribution in [0.25, 0.3) is 0 Å². The van der Waals surface area contributed by atoms with E-state index in [1.807, 2.05) is 13.8 Å². The largest absolute Gasteiger partial charge is 0.467 e. The second-order valence-electron chi connectivity index (χ2n) is 5.70. The summed E-state index contributed by atoms with van der Waals surface area (Å²) in [5.41, 5.74) is 0.559. The summed E-state index contributed by atoms with van der Waals surface area (Å²) in [5, 5.41) is 2.55. The first-order valence-electron chi connectivity index (χ1n) is 7.73. The van der Waals surface area contributed by atoms with Crippen molar-refractivity contribution in [2.24, 2.45) is 5.92 Å². The minimum Gasteiger partial charge on any atom is -0.467 e. The quantitative estimate of drug-likeness (QED) is 0.619. The molecule has 0 bridgehead atoms. The third kappa shape index (κ3) is 3.29. The average molecular weight is 332 g/mol. The highest BCUT2D eigenvalue weighted by Gasteiger charge is 2.37. The van der Waals surface area contributed by atoms with E-state index >= 15 is 0 Å². The van der Waals surface area contributed by atoms with E-state index in [0.717, 1.165) is 4.90 Å².